The molecule has 3 aromatic carbocycles. The van der Waals surface area contributed by atoms with Crippen LogP contribution in [-0.2, 0) is 16.6 Å². The van der Waals surface area contributed by atoms with Gasteiger partial charge in [0.05, 0.1) is 17.1 Å². The van der Waals surface area contributed by atoms with Crippen LogP contribution in [0.2, 0.25) is 5.02 Å². The minimum Gasteiger partial charge on any atom is -0.262 e. The van der Waals surface area contributed by atoms with E-state index in [0.717, 1.165) is 0 Å². The van der Waals surface area contributed by atoms with Crippen molar-refractivity contribution in [1.29, 1.82) is 0 Å². The monoisotopic (exact) mass is 375 g/mol. The van der Waals surface area contributed by atoms with Gasteiger partial charge in [0.1, 0.15) is 5.82 Å². The molecular formula is C19H15ClFNO2S. The highest BCUT2D eigenvalue weighted by Gasteiger charge is 2.25. The second-order valence-electron chi connectivity index (χ2n) is 5.43. The fraction of sp³-hybridized carbons (Fsp3) is 0.0526. The lowest BCUT2D eigenvalue weighted by molar-refractivity contribution is 0.590. The normalized spacial score (nSPS) is 11.3. The minimum absolute atomic E-state index is 0.0925. The third-order valence-electron chi connectivity index (χ3n) is 3.69. The molecular weight excluding hydrogens is 361 g/mol. The summed E-state index contributed by atoms with van der Waals surface area (Å²) in [6.45, 7) is 0.0925. The van der Waals surface area contributed by atoms with Crippen molar-refractivity contribution in [3.8, 4) is 0 Å². The highest BCUT2D eigenvalue weighted by Crippen LogP contribution is 2.26. The molecule has 128 valence electrons. The second kappa shape index (κ2) is 7.25. The summed E-state index contributed by atoms with van der Waals surface area (Å²) in [5.41, 5.74) is 1.21. The van der Waals surface area contributed by atoms with Gasteiger partial charge in [-0.05, 0) is 54.1 Å². The summed E-state index contributed by atoms with van der Waals surface area (Å²) in [7, 11) is -3.80. The molecule has 0 saturated heterocycles. The summed E-state index contributed by atoms with van der Waals surface area (Å²) in [4.78, 5) is 0.142. The van der Waals surface area contributed by atoms with Crippen LogP contribution in [-0.4, -0.2) is 8.42 Å². The summed E-state index contributed by atoms with van der Waals surface area (Å²) >= 11 is 5.86. The fourth-order valence-electron chi connectivity index (χ4n) is 2.40. The Hall–Kier alpha value is -2.37. The lowest BCUT2D eigenvalue weighted by Crippen LogP contribution is -2.30. The van der Waals surface area contributed by atoms with Crippen LogP contribution in [0.3, 0.4) is 0 Å². The van der Waals surface area contributed by atoms with Crippen molar-refractivity contribution in [2.75, 3.05) is 4.31 Å². The van der Waals surface area contributed by atoms with Crippen LogP contribution in [0.15, 0.2) is 83.8 Å². The van der Waals surface area contributed by atoms with E-state index in [-0.39, 0.29) is 17.3 Å². The van der Waals surface area contributed by atoms with Gasteiger partial charge in [0.15, 0.2) is 0 Å². The molecule has 0 spiro atoms. The maximum Gasteiger partial charge on any atom is 0.264 e. The van der Waals surface area contributed by atoms with Crippen molar-refractivity contribution in [1.82, 2.24) is 0 Å². The van der Waals surface area contributed by atoms with Crippen molar-refractivity contribution in [2.45, 2.75) is 11.4 Å². The highest BCUT2D eigenvalue weighted by atomic mass is 35.5. The van der Waals surface area contributed by atoms with E-state index in [1.165, 1.54) is 40.7 Å². The molecule has 0 aromatic heterocycles. The molecule has 0 N–H and O–H groups in total. The van der Waals surface area contributed by atoms with Gasteiger partial charge in [-0.25, -0.2) is 12.8 Å². The molecule has 0 heterocycles. The Morgan fingerprint density at radius 2 is 1.44 bits per heavy atom. The third-order valence-corrected chi connectivity index (χ3v) is 5.73. The molecule has 0 atom stereocenters. The predicted octanol–water partition coefficient (Wildman–Crippen LogP) is 4.87. The van der Waals surface area contributed by atoms with Gasteiger partial charge < -0.3 is 0 Å². The molecule has 0 unspecified atom stereocenters. The first-order valence-electron chi connectivity index (χ1n) is 7.54. The number of para-hydroxylation sites is 1. The van der Waals surface area contributed by atoms with Crippen LogP contribution in [0.25, 0.3) is 0 Å². The molecule has 3 nitrogen and oxygen atoms in total. The first kappa shape index (κ1) is 17.5. The standard InChI is InChI=1S/C19H15ClFNO2S/c20-16-8-12-19(13-9-16)25(23,24)22(18-4-2-1-3-5-18)14-15-6-10-17(21)11-7-15/h1-13H,14H2. The predicted molar refractivity (Wildman–Crippen MR) is 97.7 cm³/mol. The summed E-state index contributed by atoms with van der Waals surface area (Å²) in [6, 6.07) is 20.6. The van der Waals surface area contributed by atoms with Crippen LogP contribution in [0.1, 0.15) is 5.56 Å². The number of hydrogen-bond acceptors (Lipinski definition) is 2. The van der Waals surface area contributed by atoms with Gasteiger partial charge in [-0.1, -0.05) is 41.9 Å². The Labute approximate surface area is 151 Å². The molecule has 0 radical (unpaired) electrons. The topological polar surface area (TPSA) is 37.4 Å². The smallest absolute Gasteiger partial charge is 0.262 e. The molecule has 0 fully saturated rings. The number of nitrogens with zero attached hydrogens (tertiary/aromatic N) is 1. The Balaban J connectivity index is 2.04. The van der Waals surface area contributed by atoms with E-state index in [1.807, 2.05) is 6.07 Å². The van der Waals surface area contributed by atoms with Gasteiger partial charge in [-0.2, -0.15) is 0 Å². The van der Waals surface area contributed by atoms with Crippen LogP contribution in [0.4, 0.5) is 10.1 Å². The molecule has 3 rings (SSSR count). The van der Waals surface area contributed by atoms with Crippen molar-refractivity contribution in [2.24, 2.45) is 0 Å². The zero-order valence-corrected chi connectivity index (χ0v) is 14.7. The van der Waals surface area contributed by atoms with Crippen LogP contribution in [0.5, 0.6) is 0 Å². The third kappa shape index (κ3) is 4.00. The zero-order chi connectivity index (χ0) is 17.9. The number of halogens is 2. The molecule has 25 heavy (non-hydrogen) atoms. The first-order chi connectivity index (χ1) is 12.0. The van der Waals surface area contributed by atoms with Crippen molar-refractivity contribution in [3.63, 3.8) is 0 Å². The lowest BCUT2D eigenvalue weighted by Gasteiger charge is -2.24. The van der Waals surface area contributed by atoms with Crippen LogP contribution >= 0.6 is 11.6 Å². The summed E-state index contributed by atoms with van der Waals surface area (Å²) < 4.78 is 40.7. The summed E-state index contributed by atoms with van der Waals surface area (Å²) in [5.74, 6) is -0.365. The molecule has 0 aliphatic rings. The van der Waals surface area contributed by atoms with Crippen LogP contribution < -0.4 is 4.31 Å². The molecule has 0 aliphatic heterocycles. The van der Waals surface area contributed by atoms with Crippen molar-refractivity contribution < 1.29 is 12.8 Å². The van der Waals surface area contributed by atoms with E-state index in [1.54, 1.807) is 36.4 Å². The largest absolute Gasteiger partial charge is 0.264 e. The molecule has 0 bridgehead atoms. The molecule has 0 aliphatic carbocycles. The SMILES string of the molecule is O=S(=O)(c1ccc(Cl)cc1)N(Cc1ccc(F)cc1)c1ccccc1. The Morgan fingerprint density at radius 3 is 2.04 bits per heavy atom. The first-order valence-corrected chi connectivity index (χ1v) is 9.36. The maximum absolute atomic E-state index is 13.1. The minimum atomic E-state index is -3.80. The molecule has 0 saturated carbocycles. The number of sulfonamides is 1. The van der Waals surface area contributed by atoms with Gasteiger partial charge in [0.25, 0.3) is 10.0 Å². The Bertz CT molecular complexity index is 943. The van der Waals surface area contributed by atoms with Gasteiger partial charge in [-0.3, -0.25) is 4.31 Å². The van der Waals surface area contributed by atoms with Crippen LogP contribution in [0, 0.1) is 5.82 Å². The second-order valence-corrected chi connectivity index (χ2v) is 7.73. The fourth-order valence-corrected chi connectivity index (χ4v) is 3.98. The quantitative estimate of drug-likeness (QED) is 0.637. The molecule has 0 amide bonds. The maximum atomic E-state index is 13.1. The van der Waals surface area contributed by atoms with Crippen molar-refractivity contribution >= 4 is 27.3 Å². The van der Waals surface area contributed by atoms with Gasteiger partial charge in [0, 0.05) is 5.02 Å². The average Bonchev–Trinajstić information content (AvgIpc) is 2.62. The van der Waals surface area contributed by atoms with Gasteiger partial charge in [0.2, 0.25) is 0 Å². The van der Waals surface area contributed by atoms with E-state index < -0.39 is 10.0 Å². The lowest BCUT2D eigenvalue weighted by atomic mass is 10.2. The number of benzene rings is 3. The number of hydrogen-bond donors (Lipinski definition) is 0. The Kier molecular flexibility index (Phi) is 5.06. The van der Waals surface area contributed by atoms with E-state index in [0.29, 0.717) is 16.3 Å². The number of rotatable bonds is 5. The molecule has 6 heteroatoms. The average molecular weight is 376 g/mol. The van der Waals surface area contributed by atoms with Gasteiger partial charge >= 0.3 is 0 Å². The van der Waals surface area contributed by atoms with E-state index in [2.05, 4.69) is 0 Å². The van der Waals surface area contributed by atoms with Crippen molar-refractivity contribution in [3.05, 3.63) is 95.3 Å². The summed E-state index contributed by atoms with van der Waals surface area (Å²) in [6.07, 6.45) is 0. The zero-order valence-electron chi connectivity index (χ0n) is 13.1. The van der Waals surface area contributed by atoms with Gasteiger partial charge in [-0.15, -0.1) is 0 Å². The summed E-state index contributed by atoms with van der Waals surface area (Å²) in [5, 5.41) is 0.462. The van der Waals surface area contributed by atoms with E-state index in [4.69, 9.17) is 11.6 Å². The highest BCUT2D eigenvalue weighted by molar-refractivity contribution is 7.92. The van der Waals surface area contributed by atoms with E-state index in [9.17, 15) is 12.8 Å². The van der Waals surface area contributed by atoms with E-state index >= 15 is 0 Å². The molecule has 3 aromatic rings. The number of anilines is 1. The Morgan fingerprint density at radius 1 is 0.840 bits per heavy atom.